The number of unbranched alkanes of at least 4 members (excludes halogenated alkanes) is 18. The van der Waals surface area contributed by atoms with Crippen LogP contribution in [0, 0.1) is 5.92 Å². The molecule has 0 aromatic heterocycles. The Morgan fingerprint density at radius 1 is 0.589 bits per heavy atom. The molecule has 8 heteroatoms. The normalized spacial score (nSPS) is 13.9. The van der Waals surface area contributed by atoms with Crippen LogP contribution in [-0.4, -0.2) is 73.3 Å². The zero-order chi connectivity index (χ0) is 40.6. The van der Waals surface area contributed by atoms with Gasteiger partial charge in [-0.1, -0.05) is 140 Å². The summed E-state index contributed by atoms with van der Waals surface area (Å²) in [5, 5.41) is 12.0. The molecule has 0 unspecified atom stereocenters. The molecule has 0 bridgehead atoms. The number of carbonyl (C=O) groups excluding carboxylic acids is 3. The number of nitrogens with one attached hydrogen (secondary N) is 1. The van der Waals surface area contributed by atoms with E-state index in [1.165, 1.54) is 89.9 Å². The van der Waals surface area contributed by atoms with E-state index < -0.39 is 18.0 Å². The number of aliphatic hydroxyl groups is 1. The van der Waals surface area contributed by atoms with Gasteiger partial charge in [-0.3, -0.25) is 19.3 Å². The molecule has 322 valence electrons. The Labute approximate surface area is 343 Å². The second kappa shape index (κ2) is 39.1. The first-order valence-electron chi connectivity index (χ1n) is 23.0. The van der Waals surface area contributed by atoms with Crippen molar-refractivity contribution in [1.82, 2.24) is 10.2 Å². The fourth-order valence-electron chi connectivity index (χ4n) is 6.89. The van der Waals surface area contributed by atoms with Crippen LogP contribution >= 0.6 is 0 Å². The van der Waals surface area contributed by atoms with Gasteiger partial charge in [-0.15, -0.1) is 0 Å². The van der Waals surface area contributed by atoms with Gasteiger partial charge >= 0.3 is 11.9 Å². The smallest absolute Gasteiger partial charge is 0.307 e. The molecule has 1 aliphatic rings. The number of amides is 1. The number of carbonyl (C=O) groups is 3. The SMILES string of the molecule is CCCCC/C=C\C/C=C\CCCCCCCCOC(=O)CC(CC(=O)OCCCCCCCC/C=C\C/C=C\CCCCC)NC(=O)CN1CC(CCO)C1. The third kappa shape index (κ3) is 33.4. The average molecular weight is 785 g/mol. The van der Waals surface area contributed by atoms with E-state index in [1.54, 1.807) is 0 Å². The lowest BCUT2D eigenvalue weighted by Gasteiger charge is -2.38. The summed E-state index contributed by atoms with van der Waals surface area (Å²) in [6, 6.07) is -0.663. The number of hydrogen-bond acceptors (Lipinski definition) is 7. The molecule has 2 N–H and O–H groups in total. The van der Waals surface area contributed by atoms with Crippen molar-refractivity contribution in [2.24, 2.45) is 5.92 Å². The Kier molecular flexibility index (Phi) is 35.9. The van der Waals surface area contributed by atoms with Crippen molar-refractivity contribution in [3.05, 3.63) is 48.6 Å². The molecule has 1 saturated heterocycles. The van der Waals surface area contributed by atoms with Crippen LogP contribution < -0.4 is 5.32 Å². The van der Waals surface area contributed by atoms with Gasteiger partial charge in [-0.05, 0) is 89.4 Å². The molecule has 0 aromatic carbocycles. The van der Waals surface area contributed by atoms with Crippen LogP contribution in [0.25, 0.3) is 0 Å². The summed E-state index contributed by atoms with van der Waals surface area (Å²) in [6.07, 6.45) is 46.5. The van der Waals surface area contributed by atoms with Gasteiger partial charge in [0.05, 0.1) is 32.6 Å². The fraction of sp³-hybridized carbons (Fsp3) is 0.771. The molecule has 0 aromatic rings. The van der Waals surface area contributed by atoms with Gasteiger partial charge in [0, 0.05) is 25.7 Å². The topological polar surface area (TPSA) is 105 Å². The molecule has 1 rings (SSSR count). The highest BCUT2D eigenvalue weighted by atomic mass is 16.5. The van der Waals surface area contributed by atoms with Crippen molar-refractivity contribution in [3.63, 3.8) is 0 Å². The molecule has 0 saturated carbocycles. The third-order valence-electron chi connectivity index (χ3n) is 10.3. The maximum atomic E-state index is 12.8. The lowest BCUT2D eigenvalue weighted by Crippen LogP contribution is -2.52. The fourth-order valence-corrected chi connectivity index (χ4v) is 6.89. The largest absolute Gasteiger partial charge is 0.466 e. The maximum absolute atomic E-state index is 12.8. The number of hydrogen-bond donors (Lipinski definition) is 2. The molecule has 0 spiro atoms. The van der Waals surface area contributed by atoms with E-state index in [2.05, 4.69) is 67.8 Å². The second-order valence-corrected chi connectivity index (χ2v) is 15.9. The van der Waals surface area contributed by atoms with Gasteiger partial charge in [-0.25, -0.2) is 0 Å². The van der Waals surface area contributed by atoms with Gasteiger partial charge in [0.15, 0.2) is 0 Å². The highest BCUT2D eigenvalue weighted by Gasteiger charge is 2.29. The van der Waals surface area contributed by atoms with Crippen LogP contribution in [0.2, 0.25) is 0 Å². The minimum absolute atomic E-state index is 0.0545. The number of likely N-dealkylation sites (tertiary alicyclic amines) is 1. The van der Waals surface area contributed by atoms with Crippen molar-refractivity contribution in [2.45, 2.75) is 193 Å². The van der Waals surface area contributed by atoms with Gasteiger partial charge in [0.25, 0.3) is 0 Å². The Hall–Kier alpha value is -2.71. The molecule has 56 heavy (non-hydrogen) atoms. The summed E-state index contributed by atoms with van der Waals surface area (Å²) in [5.74, 6) is -0.605. The van der Waals surface area contributed by atoms with E-state index in [1.807, 2.05) is 4.90 Å². The third-order valence-corrected chi connectivity index (χ3v) is 10.3. The quantitative estimate of drug-likeness (QED) is 0.0363. The molecule has 0 atom stereocenters. The van der Waals surface area contributed by atoms with Crippen molar-refractivity contribution >= 4 is 17.8 Å². The summed E-state index contributed by atoms with van der Waals surface area (Å²) < 4.78 is 11.0. The maximum Gasteiger partial charge on any atom is 0.307 e. The number of esters is 2. The van der Waals surface area contributed by atoms with Crippen LogP contribution in [0.1, 0.15) is 187 Å². The number of nitrogens with zero attached hydrogens (tertiary/aromatic N) is 1. The summed E-state index contributed by atoms with van der Waals surface area (Å²) in [4.78, 5) is 40.3. The van der Waals surface area contributed by atoms with E-state index in [4.69, 9.17) is 14.6 Å². The monoisotopic (exact) mass is 785 g/mol. The first-order valence-corrected chi connectivity index (χ1v) is 23.0. The number of aliphatic hydroxyl groups excluding tert-OH is 1. The van der Waals surface area contributed by atoms with Crippen LogP contribution in [0.5, 0.6) is 0 Å². The van der Waals surface area contributed by atoms with E-state index in [-0.39, 0.29) is 31.9 Å². The summed E-state index contributed by atoms with van der Waals surface area (Å²) in [6.45, 7) is 7.08. The minimum Gasteiger partial charge on any atom is -0.466 e. The lowest BCUT2D eigenvalue weighted by atomic mass is 9.97. The van der Waals surface area contributed by atoms with Crippen LogP contribution in [-0.2, 0) is 23.9 Å². The summed E-state index contributed by atoms with van der Waals surface area (Å²) in [5.41, 5.74) is 0. The van der Waals surface area contributed by atoms with Gasteiger partial charge in [0.2, 0.25) is 5.91 Å². The van der Waals surface area contributed by atoms with Crippen LogP contribution in [0.3, 0.4) is 0 Å². The molecule has 1 aliphatic heterocycles. The average Bonchev–Trinajstić information content (AvgIpc) is 3.16. The number of rotatable bonds is 39. The Bertz CT molecular complexity index is 1000. The molecule has 1 fully saturated rings. The van der Waals surface area contributed by atoms with Crippen molar-refractivity contribution in [3.8, 4) is 0 Å². The number of ether oxygens (including phenoxy) is 2. The predicted octanol–water partition coefficient (Wildman–Crippen LogP) is 11.3. The molecule has 1 amide bonds. The molecular weight excluding hydrogens is 701 g/mol. The summed E-state index contributed by atoms with van der Waals surface area (Å²) >= 11 is 0. The standard InChI is InChI=1S/C48H84N2O6/c1-3-5-7-9-11-13-15-17-19-21-23-25-27-29-31-33-37-55-47(53)39-45(49-46(52)43-50-41-44(42-50)35-36-51)40-48(54)56-38-34-32-30-28-26-24-22-20-18-16-14-12-10-8-6-4-2/h11-14,17-20,44-45,51H,3-10,15-16,21-43H2,1-2H3,(H,49,52)/b13-11-,14-12-,19-17-,20-18-. The Morgan fingerprint density at radius 3 is 1.39 bits per heavy atom. The molecular formula is C48H84N2O6. The van der Waals surface area contributed by atoms with Crippen LogP contribution in [0.15, 0.2) is 48.6 Å². The van der Waals surface area contributed by atoms with Gasteiger partial charge < -0.3 is 19.9 Å². The zero-order valence-electron chi connectivity index (χ0n) is 36.0. The Balaban J connectivity index is 2.23. The summed E-state index contributed by atoms with van der Waals surface area (Å²) in [7, 11) is 0. The van der Waals surface area contributed by atoms with Crippen molar-refractivity contribution < 1.29 is 29.0 Å². The van der Waals surface area contributed by atoms with E-state index in [9.17, 15) is 14.4 Å². The highest BCUT2D eigenvalue weighted by molar-refractivity contribution is 5.81. The van der Waals surface area contributed by atoms with Crippen molar-refractivity contribution in [1.29, 1.82) is 0 Å². The number of allylic oxidation sites excluding steroid dienone is 8. The van der Waals surface area contributed by atoms with Gasteiger partial charge in [0.1, 0.15) is 0 Å². The second-order valence-electron chi connectivity index (χ2n) is 15.9. The molecule has 0 radical (unpaired) electrons. The molecule has 0 aliphatic carbocycles. The van der Waals surface area contributed by atoms with E-state index in [0.29, 0.717) is 19.1 Å². The first kappa shape index (κ1) is 51.3. The highest BCUT2D eigenvalue weighted by Crippen LogP contribution is 2.18. The first-order chi connectivity index (χ1) is 27.5. The molecule has 1 heterocycles. The lowest BCUT2D eigenvalue weighted by molar-refractivity contribution is -0.146. The Morgan fingerprint density at radius 2 is 0.982 bits per heavy atom. The minimum atomic E-state index is -0.663. The van der Waals surface area contributed by atoms with Gasteiger partial charge in [-0.2, -0.15) is 0 Å². The predicted molar refractivity (Wildman–Crippen MR) is 233 cm³/mol. The zero-order valence-corrected chi connectivity index (χ0v) is 36.0. The van der Waals surface area contributed by atoms with Crippen LogP contribution in [0.4, 0.5) is 0 Å². The molecule has 8 nitrogen and oxygen atoms in total. The van der Waals surface area contributed by atoms with Crippen molar-refractivity contribution in [2.75, 3.05) is 39.5 Å². The van der Waals surface area contributed by atoms with E-state index in [0.717, 1.165) is 83.7 Å². The van der Waals surface area contributed by atoms with E-state index >= 15 is 0 Å².